The van der Waals surface area contributed by atoms with Gasteiger partial charge < -0.3 is 9.73 Å². The molecule has 5 heteroatoms. The molecule has 0 radical (unpaired) electrons. The van der Waals surface area contributed by atoms with Crippen molar-refractivity contribution in [2.45, 2.75) is 6.92 Å². The molecule has 0 aliphatic carbocycles. The molecule has 1 amide bonds. The second kappa shape index (κ2) is 6.04. The van der Waals surface area contributed by atoms with Crippen molar-refractivity contribution in [2.75, 3.05) is 5.32 Å². The van der Waals surface area contributed by atoms with Crippen LogP contribution in [0, 0.1) is 18.6 Å². The Morgan fingerprint density at radius 1 is 1.04 bits per heavy atom. The van der Waals surface area contributed by atoms with Crippen molar-refractivity contribution in [1.29, 1.82) is 0 Å². The van der Waals surface area contributed by atoms with Gasteiger partial charge in [-0.15, -0.1) is 0 Å². The summed E-state index contributed by atoms with van der Waals surface area (Å²) in [7, 11) is 0. The van der Waals surface area contributed by atoms with Gasteiger partial charge in [0.05, 0.1) is 5.56 Å². The quantitative estimate of drug-likeness (QED) is 0.755. The van der Waals surface area contributed by atoms with Crippen LogP contribution in [0.3, 0.4) is 0 Å². The molecule has 0 spiro atoms. The Bertz CT molecular complexity index is 871. The molecule has 3 nitrogen and oxygen atoms in total. The van der Waals surface area contributed by atoms with E-state index >= 15 is 0 Å². The zero-order valence-electron chi connectivity index (χ0n) is 12.3. The lowest BCUT2D eigenvalue weighted by Crippen LogP contribution is -2.12. The number of carbonyl (C=O) groups excluding carboxylic acids is 1. The highest BCUT2D eigenvalue weighted by Gasteiger charge is 2.15. The summed E-state index contributed by atoms with van der Waals surface area (Å²) in [5, 5.41) is 2.58. The number of hydrogen-bond donors (Lipinski definition) is 1. The van der Waals surface area contributed by atoms with Gasteiger partial charge in [0.15, 0.2) is 5.76 Å². The van der Waals surface area contributed by atoms with E-state index in [0.29, 0.717) is 5.69 Å². The van der Waals surface area contributed by atoms with Crippen LogP contribution in [0.5, 0.6) is 0 Å². The van der Waals surface area contributed by atoms with Crippen molar-refractivity contribution in [2.24, 2.45) is 0 Å². The van der Waals surface area contributed by atoms with Gasteiger partial charge in [-0.25, -0.2) is 8.78 Å². The van der Waals surface area contributed by atoms with Crippen molar-refractivity contribution in [3.63, 3.8) is 0 Å². The fourth-order valence-corrected chi connectivity index (χ4v) is 2.18. The van der Waals surface area contributed by atoms with Crippen molar-refractivity contribution < 1.29 is 18.0 Å². The van der Waals surface area contributed by atoms with E-state index < -0.39 is 17.5 Å². The van der Waals surface area contributed by atoms with Crippen LogP contribution in [0.2, 0.25) is 0 Å². The number of rotatable bonds is 3. The third kappa shape index (κ3) is 3.13. The second-order valence-corrected chi connectivity index (χ2v) is 5.06. The molecular formula is C18H13F2NO2. The first kappa shape index (κ1) is 15.0. The van der Waals surface area contributed by atoms with Crippen LogP contribution in [-0.2, 0) is 0 Å². The number of carbonyl (C=O) groups is 1. The Morgan fingerprint density at radius 3 is 2.61 bits per heavy atom. The summed E-state index contributed by atoms with van der Waals surface area (Å²) >= 11 is 0. The van der Waals surface area contributed by atoms with Crippen LogP contribution in [0.4, 0.5) is 14.5 Å². The molecule has 1 aromatic heterocycles. The molecule has 1 N–H and O–H groups in total. The zero-order chi connectivity index (χ0) is 16.4. The number of nitrogens with one attached hydrogen (secondary N) is 1. The first-order valence-corrected chi connectivity index (χ1v) is 6.97. The van der Waals surface area contributed by atoms with Gasteiger partial charge in [-0.1, -0.05) is 18.2 Å². The Balaban J connectivity index is 1.84. The topological polar surface area (TPSA) is 42.2 Å². The molecule has 0 bridgehead atoms. The van der Waals surface area contributed by atoms with Crippen LogP contribution in [0.25, 0.3) is 11.3 Å². The van der Waals surface area contributed by atoms with E-state index in [2.05, 4.69) is 5.32 Å². The number of aryl methyl sites for hydroxylation is 1. The molecule has 3 aromatic rings. The molecule has 0 saturated heterocycles. The summed E-state index contributed by atoms with van der Waals surface area (Å²) in [6.45, 7) is 1.75. The van der Waals surface area contributed by atoms with E-state index in [0.717, 1.165) is 5.56 Å². The molecule has 0 saturated carbocycles. The van der Waals surface area contributed by atoms with Crippen molar-refractivity contribution >= 4 is 11.6 Å². The van der Waals surface area contributed by atoms with Crippen LogP contribution >= 0.6 is 0 Å². The molecule has 0 aliphatic rings. The van der Waals surface area contributed by atoms with E-state index in [9.17, 15) is 13.6 Å². The lowest BCUT2D eigenvalue weighted by molar-refractivity contribution is 0.0997. The highest BCUT2D eigenvalue weighted by Crippen LogP contribution is 2.25. The molecule has 23 heavy (non-hydrogen) atoms. The van der Waals surface area contributed by atoms with E-state index in [-0.39, 0.29) is 17.1 Å². The molecule has 1 heterocycles. The van der Waals surface area contributed by atoms with Gasteiger partial charge in [0.2, 0.25) is 0 Å². The largest absolute Gasteiger partial charge is 0.451 e. The summed E-state index contributed by atoms with van der Waals surface area (Å²) in [5.74, 6) is -1.13. The number of furan rings is 1. The molecule has 0 aliphatic heterocycles. The smallest absolute Gasteiger partial charge is 0.291 e. The molecule has 0 unspecified atom stereocenters. The van der Waals surface area contributed by atoms with E-state index in [1.54, 1.807) is 31.2 Å². The van der Waals surface area contributed by atoms with Crippen molar-refractivity contribution in [1.82, 2.24) is 0 Å². The van der Waals surface area contributed by atoms with Gasteiger partial charge in [0.1, 0.15) is 17.4 Å². The Labute approximate surface area is 131 Å². The number of benzene rings is 2. The Hall–Kier alpha value is -2.95. The standard InChI is InChI=1S/C18H13F2NO2/c1-11-6-7-12(19)10-15(11)21-18(22)17-9-8-16(23-17)13-4-2-3-5-14(13)20/h2-10H,1H3,(H,21,22). The van der Waals surface area contributed by atoms with Crippen LogP contribution in [-0.4, -0.2) is 5.91 Å². The summed E-state index contributed by atoms with van der Waals surface area (Å²) in [4.78, 5) is 12.2. The first-order chi connectivity index (χ1) is 11.0. The van der Waals surface area contributed by atoms with Crippen molar-refractivity contribution in [3.05, 3.63) is 77.6 Å². The predicted molar refractivity (Wildman–Crippen MR) is 83.2 cm³/mol. The van der Waals surface area contributed by atoms with Crippen LogP contribution in [0.15, 0.2) is 59.0 Å². The summed E-state index contributed by atoms with van der Waals surface area (Å²) in [6, 6.07) is 13.2. The number of hydrogen-bond acceptors (Lipinski definition) is 2. The number of anilines is 1. The highest BCUT2D eigenvalue weighted by molar-refractivity contribution is 6.03. The van der Waals surface area contributed by atoms with Gasteiger partial charge in [-0.05, 0) is 48.9 Å². The highest BCUT2D eigenvalue weighted by atomic mass is 19.1. The van der Waals surface area contributed by atoms with Crippen LogP contribution in [0.1, 0.15) is 16.1 Å². The summed E-state index contributed by atoms with van der Waals surface area (Å²) in [6.07, 6.45) is 0. The number of amides is 1. The van der Waals surface area contributed by atoms with Gasteiger partial charge in [0, 0.05) is 5.69 Å². The minimum Gasteiger partial charge on any atom is -0.451 e. The van der Waals surface area contributed by atoms with Gasteiger partial charge in [-0.3, -0.25) is 4.79 Å². The number of halogens is 2. The van der Waals surface area contributed by atoms with Crippen LogP contribution < -0.4 is 5.32 Å². The normalized spacial score (nSPS) is 10.6. The summed E-state index contributed by atoms with van der Waals surface area (Å²) < 4.78 is 32.4. The first-order valence-electron chi connectivity index (χ1n) is 6.97. The summed E-state index contributed by atoms with van der Waals surface area (Å²) in [5.41, 5.74) is 1.35. The molecule has 3 rings (SSSR count). The predicted octanol–water partition coefficient (Wildman–Crippen LogP) is 4.79. The van der Waals surface area contributed by atoms with E-state index in [4.69, 9.17) is 4.42 Å². The maximum Gasteiger partial charge on any atom is 0.291 e. The fraction of sp³-hybridized carbons (Fsp3) is 0.0556. The zero-order valence-corrected chi connectivity index (χ0v) is 12.3. The van der Waals surface area contributed by atoms with Gasteiger partial charge >= 0.3 is 0 Å². The molecule has 116 valence electrons. The van der Waals surface area contributed by atoms with Gasteiger partial charge in [-0.2, -0.15) is 0 Å². The average molecular weight is 313 g/mol. The second-order valence-electron chi connectivity index (χ2n) is 5.06. The third-order valence-electron chi connectivity index (χ3n) is 3.42. The maximum atomic E-state index is 13.7. The van der Waals surface area contributed by atoms with Gasteiger partial charge in [0.25, 0.3) is 5.91 Å². The molecule has 0 fully saturated rings. The lowest BCUT2D eigenvalue weighted by atomic mass is 10.1. The minimum absolute atomic E-state index is 0.0203. The van der Waals surface area contributed by atoms with E-state index in [1.165, 1.54) is 30.3 Å². The monoisotopic (exact) mass is 313 g/mol. The lowest BCUT2D eigenvalue weighted by Gasteiger charge is -2.07. The third-order valence-corrected chi connectivity index (χ3v) is 3.42. The Kier molecular flexibility index (Phi) is 3.93. The SMILES string of the molecule is Cc1ccc(F)cc1NC(=O)c1ccc(-c2ccccc2F)o1. The molecular weight excluding hydrogens is 300 g/mol. The Morgan fingerprint density at radius 2 is 1.83 bits per heavy atom. The maximum absolute atomic E-state index is 13.7. The van der Waals surface area contributed by atoms with Crippen molar-refractivity contribution in [3.8, 4) is 11.3 Å². The average Bonchev–Trinajstić information content (AvgIpc) is 3.01. The molecule has 0 atom stereocenters. The fourth-order valence-electron chi connectivity index (χ4n) is 2.18. The van der Waals surface area contributed by atoms with E-state index in [1.807, 2.05) is 0 Å². The molecule has 2 aromatic carbocycles. The minimum atomic E-state index is -0.527.